The molecule has 1 aliphatic rings. The number of anilines is 2. The molecule has 240 valence electrons. The van der Waals surface area contributed by atoms with Crippen LogP contribution in [0.2, 0.25) is 10.0 Å². The van der Waals surface area contributed by atoms with Gasteiger partial charge in [-0.1, -0.05) is 36.2 Å². The maximum Gasteiger partial charge on any atom is 0.410 e. The van der Waals surface area contributed by atoms with Crippen molar-refractivity contribution in [1.82, 2.24) is 4.90 Å². The maximum absolute atomic E-state index is 13.6. The van der Waals surface area contributed by atoms with Gasteiger partial charge in [-0.05, 0) is 82.5 Å². The zero-order chi connectivity index (χ0) is 32.9. The summed E-state index contributed by atoms with van der Waals surface area (Å²) in [6.45, 7) is 9.88. The average molecular weight is 693 g/mol. The van der Waals surface area contributed by atoms with E-state index in [1.54, 1.807) is 42.2 Å². The minimum atomic E-state index is -0.635. The molecule has 0 radical (unpaired) electrons. The first kappa shape index (κ1) is 34.6. The van der Waals surface area contributed by atoms with Crippen molar-refractivity contribution in [1.29, 1.82) is 0 Å². The number of nitrogens with zero attached hydrogens (tertiary/aromatic N) is 1. The van der Waals surface area contributed by atoms with E-state index >= 15 is 0 Å². The molecule has 2 heterocycles. The topological polar surface area (TPSA) is 114 Å². The number of hydrogen-bond donors (Lipinski definition) is 2. The van der Waals surface area contributed by atoms with Crippen LogP contribution < -0.4 is 10.6 Å². The third-order valence-electron chi connectivity index (χ3n) is 6.63. The Balaban J connectivity index is 1.50. The highest BCUT2D eigenvalue weighted by Gasteiger charge is 2.33. The van der Waals surface area contributed by atoms with Gasteiger partial charge in [0.1, 0.15) is 10.6 Å². The fraction of sp³-hybridized carbons (Fsp3) is 0.375. The number of nitrogens with one attached hydrogen (secondary N) is 2. The van der Waals surface area contributed by atoms with Crippen LogP contribution in [0.1, 0.15) is 72.2 Å². The monoisotopic (exact) mass is 691 g/mol. The molecule has 0 aliphatic carbocycles. The summed E-state index contributed by atoms with van der Waals surface area (Å²) in [5, 5.41) is 6.36. The number of benzene rings is 2. The molecule has 1 unspecified atom stereocenters. The molecule has 13 heteroatoms. The highest BCUT2D eigenvalue weighted by Crippen LogP contribution is 2.39. The first-order valence-electron chi connectivity index (χ1n) is 14.4. The lowest BCUT2D eigenvalue weighted by atomic mass is 10.0. The van der Waals surface area contributed by atoms with E-state index in [4.69, 9.17) is 32.7 Å². The smallest absolute Gasteiger partial charge is 0.410 e. The molecule has 9 nitrogen and oxygen atoms in total. The number of ether oxygens (including phenoxy) is 2. The van der Waals surface area contributed by atoms with E-state index in [-0.39, 0.29) is 35.6 Å². The number of amides is 3. The first-order valence-corrected chi connectivity index (χ1v) is 16.9. The Hall–Kier alpha value is -3.25. The van der Waals surface area contributed by atoms with Crippen LogP contribution in [-0.4, -0.2) is 52.8 Å². The Labute approximate surface area is 280 Å². The van der Waals surface area contributed by atoms with Gasteiger partial charge in [-0.15, -0.1) is 23.1 Å². The number of esters is 1. The van der Waals surface area contributed by atoms with E-state index in [1.165, 1.54) is 29.2 Å². The number of carbonyl (C=O) groups excluding carboxylic acids is 4. The lowest BCUT2D eigenvalue weighted by Crippen LogP contribution is -2.39. The van der Waals surface area contributed by atoms with E-state index in [0.717, 1.165) is 15.3 Å². The summed E-state index contributed by atoms with van der Waals surface area (Å²) >= 11 is 14.7. The van der Waals surface area contributed by atoms with Crippen LogP contribution in [0.5, 0.6) is 0 Å². The van der Waals surface area contributed by atoms with Crippen molar-refractivity contribution >= 4 is 80.9 Å². The number of rotatable bonds is 9. The highest BCUT2D eigenvalue weighted by molar-refractivity contribution is 8.00. The molecule has 0 spiro atoms. The Morgan fingerprint density at radius 3 is 2.49 bits per heavy atom. The van der Waals surface area contributed by atoms with Crippen LogP contribution in [0.3, 0.4) is 0 Å². The van der Waals surface area contributed by atoms with Gasteiger partial charge < -0.3 is 25.0 Å². The molecule has 2 aromatic carbocycles. The lowest BCUT2D eigenvalue weighted by molar-refractivity contribution is -0.115. The largest absolute Gasteiger partial charge is 0.462 e. The van der Waals surface area contributed by atoms with Gasteiger partial charge in [0.2, 0.25) is 5.91 Å². The molecule has 1 atom stereocenters. The van der Waals surface area contributed by atoms with E-state index < -0.39 is 22.9 Å². The fourth-order valence-electron chi connectivity index (χ4n) is 4.59. The summed E-state index contributed by atoms with van der Waals surface area (Å²) in [6.07, 6.45) is 0.502. The van der Waals surface area contributed by atoms with Crippen LogP contribution in [0.25, 0.3) is 0 Å². The zero-order valence-electron chi connectivity index (χ0n) is 25.6. The van der Waals surface area contributed by atoms with Crippen LogP contribution >= 0.6 is 46.3 Å². The molecule has 3 aromatic rings. The first-order chi connectivity index (χ1) is 21.3. The summed E-state index contributed by atoms with van der Waals surface area (Å²) in [4.78, 5) is 55.3. The van der Waals surface area contributed by atoms with E-state index in [2.05, 4.69) is 10.6 Å². The van der Waals surface area contributed by atoms with Crippen molar-refractivity contribution in [3.05, 3.63) is 74.1 Å². The van der Waals surface area contributed by atoms with Gasteiger partial charge in [0.05, 0.1) is 34.6 Å². The molecule has 0 saturated carbocycles. The minimum absolute atomic E-state index is 0.186. The van der Waals surface area contributed by atoms with Crippen molar-refractivity contribution in [2.45, 2.75) is 69.8 Å². The second-order valence-corrected chi connectivity index (χ2v) is 14.4. The molecule has 1 aliphatic heterocycles. The van der Waals surface area contributed by atoms with Gasteiger partial charge in [-0.25, -0.2) is 9.59 Å². The predicted octanol–water partition coefficient (Wildman–Crippen LogP) is 8.29. The second kappa shape index (κ2) is 14.9. The summed E-state index contributed by atoms with van der Waals surface area (Å²) in [6, 6.07) is 11.8. The SMILES string of the molecule is CCOC(=O)c1c(NC(=O)C(CC)Sc2cccc(NC(=O)c3ccc(Cl)cc3Cl)c2)sc2c1CCN(C(=O)OC(C)(C)C)C2. The molecule has 0 fully saturated rings. The molecular weight excluding hydrogens is 657 g/mol. The molecule has 0 bridgehead atoms. The Morgan fingerprint density at radius 1 is 1.07 bits per heavy atom. The predicted molar refractivity (Wildman–Crippen MR) is 180 cm³/mol. The standard InChI is InChI=1S/C32H35Cl2N3O6S2/c1-6-24(44-20-10-8-9-19(16-20)35-27(38)21-12-11-18(33)15-23(21)34)28(39)36-29-26(30(40)42-7-2)22-13-14-37(17-25(22)45-29)31(41)43-32(3,4)5/h8-12,15-16,24H,6-7,13-14,17H2,1-5H3,(H,35,38)(H,36,39). The Kier molecular flexibility index (Phi) is 11.5. The number of fused-ring (bicyclic) bond motifs is 1. The van der Waals surface area contributed by atoms with Gasteiger partial charge in [0.15, 0.2) is 0 Å². The average Bonchev–Trinajstić information content (AvgIpc) is 3.32. The third-order valence-corrected chi connectivity index (χ3v) is 9.67. The number of hydrogen-bond acceptors (Lipinski definition) is 8. The number of halogens is 2. The van der Waals surface area contributed by atoms with Crippen LogP contribution in [0.15, 0.2) is 47.4 Å². The molecule has 2 N–H and O–H groups in total. The van der Waals surface area contributed by atoms with Crippen molar-refractivity contribution in [2.24, 2.45) is 0 Å². The normalized spacial score (nSPS) is 13.4. The summed E-state index contributed by atoms with van der Waals surface area (Å²) in [7, 11) is 0. The molecule has 1 aromatic heterocycles. The molecule has 0 saturated heterocycles. The number of carbonyl (C=O) groups is 4. The fourth-order valence-corrected chi connectivity index (χ4v) is 7.35. The Morgan fingerprint density at radius 2 is 1.82 bits per heavy atom. The van der Waals surface area contributed by atoms with Crippen molar-refractivity contribution in [3.8, 4) is 0 Å². The quantitative estimate of drug-likeness (QED) is 0.171. The highest BCUT2D eigenvalue weighted by atomic mass is 35.5. The van der Waals surface area contributed by atoms with Crippen LogP contribution in [0.4, 0.5) is 15.5 Å². The zero-order valence-corrected chi connectivity index (χ0v) is 28.8. The summed E-state index contributed by atoms with van der Waals surface area (Å²) in [5.41, 5.74) is 1.30. The molecule has 4 rings (SSSR count). The lowest BCUT2D eigenvalue weighted by Gasteiger charge is -2.30. The third kappa shape index (κ3) is 8.94. The second-order valence-electron chi connectivity index (χ2n) is 11.2. The summed E-state index contributed by atoms with van der Waals surface area (Å²) in [5.74, 6) is -1.18. The molecule has 3 amide bonds. The van der Waals surface area contributed by atoms with Gasteiger partial charge >= 0.3 is 12.1 Å². The van der Waals surface area contributed by atoms with Crippen molar-refractivity contribution in [2.75, 3.05) is 23.8 Å². The van der Waals surface area contributed by atoms with E-state index in [0.29, 0.717) is 40.7 Å². The van der Waals surface area contributed by atoms with Gasteiger partial charge in [0.25, 0.3) is 5.91 Å². The van der Waals surface area contributed by atoms with Gasteiger partial charge in [-0.3, -0.25) is 9.59 Å². The number of thioether (sulfide) groups is 1. The summed E-state index contributed by atoms with van der Waals surface area (Å²) < 4.78 is 10.9. The molecule has 45 heavy (non-hydrogen) atoms. The number of thiophene rings is 1. The van der Waals surface area contributed by atoms with Gasteiger partial charge in [0, 0.05) is 27.0 Å². The van der Waals surface area contributed by atoms with Crippen LogP contribution in [0, 0.1) is 0 Å². The van der Waals surface area contributed by atoms with E-state index in [1.807, 2.05) is 33.8 Å². The van der Waals surface area contributed by atoms with Crippen LogP contribution in [-0.2, 0) is 27.2 Å². The van der Waals surface area contributed by atoms with Gasteiger partial charge in [-0.2, -0.15) is 0 Å². The van der Waals surface area contributed by atoms with Crippen molar-refractivity contribution in [3.63, 3.8) is 0 Å². The maximum atomic E-state index is 13.6. The Bertz CT molecular complexity index is 1600. The minimum Gasteiger partial charge on any atom is -0.462 e. The van der Waals surface area contributed by atoms with Crippen molar-refractivity contribution < 1.29 is 28.7 Å². The molecular formula is C32H35Cl2N3O6S2. The van der Waals surface area contributed by atoms with E-state index in [9.17, 15) is 19.2 Å².